The zero-order valence-electron chi connectivity index (χ0n) is 9.38. The fourth-order valence-electron chi connectivity index (χ4n) is 1.31. The quantitative estimate of drug-likeness (QED) is 0.734. The van der Waals surface area contributed by atoms with Crippen LogP contribution in [0, 0.1) is 0 Å². The van der Waals surface area contributed by atoms with E-state index in [9.17, 15) is 4.79 Å². The standard InChI is InChI=1S/C11H12N2O4/c1-2-15-11(14)10-13-12-9(17-10)6-5-8-4-3-7-16-8/h3-4,7H,2,5-6H2,1H3. The van der Waals surface area contributed by atoms with E-state index in [1.54, 1.807) is 13.2 Å². The van der Waals surface area contributed by atoms with Gasteiger partial charge in [0, 0.05) is 12.8 Å². The maximum atomic E-state index is 11.3. The molecule has 0 atom stereocenters. The van der Waals surface area contributed by atoms with Crippen LogP contribution in [0.1, 0.15) is 29.3 Å². The van der Waals surface area contributed by atoms with E-state index >= 15 is 0 Å². The van der Waals surface area contributed by atoms with Crippen molar-refractivity contribution < 1.29 is 18.4 Å². The predicted octanol–water partition coefficient (Wildman–Crippen LogP) is 1.62. The number of aromatic nitrogens is 2. The van der Waals surface area contributed by atoms with Crippen molar-refractivity contribution in [3.63, 3.8) is 0 Å². The largest absolute Gasteiger partial charge is 0.469 e. The molecule has 0 aliphatic carbocycles. The van der Waals surface area contributed by atoms with Gasteiger partial charge in [-0.05, 0) is 19.1 Å². The molecule has 0 saturated carbocycles. The van der Waals surface area contributed by atoms with Gasteiger partial charge in [0.05, 0.1) is 12.9 Å². The summed E-state index contributed by atoms with van der Waals surface area (Å²) >= 11 is 0. The molecule has 0 spiro atoms. The van der Waals surface area contributed by atoms with Crippen molar-refractivity contribution in [1.29, 1.82) is 0 Å². The molecule has 90 valence electrons. The molecule has 0 saturated heterocycles. The Balaban J connectivity index is 1.92. The monoisotopic (exact) mass is 236 g/mol. The van der Waals surface area contributed by atoms with Crippen LogP contribution in [0.3, 0.4) is 0 Å². The van der Waals surface area contributed by atoms with Gasteiger partial charge in [-0.3, -0.25) is 0 Å². The van der Waals surface area contributed by atoms with Gasteiger partial charge in [-0.15, -0.1) is 10.2 Å². The molecular formula is C11H12N2O4. The van der Waals surface area contributed by atoms with E-state index in [0.29, 0.717) is 18.7 Å². The average Bonchev–Trinajstić information content (AvgIpc) is 2.98. The number of furan rings is 1. The van der Waals surface area contributed by atoms with Crippen molar-refractivity contribution in [2.24, 2.45) is 0 Å². The number of hydrogen-bond donors (Lipinski definition) is 0. The molecule has 6 nitrogen and oxygen atoms in total. The minimum absolute atomic E-state index is 0.110. The molecule has 0 radical (unpaired) electrons. The molecule has 0 amide bonds. The van der Waals surface area contributed by atoms with Crippen LogP contribution in [-0.2, 0) is 17.6 Å². The van der Waals surface area contributed by atoms with Crippen molar-refractivity contribution in [1.82, 2.24) is 10.2 Å². The molecule has 0 N–H and O–H groups in total. The Morgan fingerprint density at radius 1 is 1.41 bits per heavy atom. The van der Waals surface area contributed by atoms with Crippen LogP contribution < -0.4 is 0 Å². The number of carbonyl (C=O) groups is 1. The van der Waals surface area contributed by atoms with Gasteiger partial charge in [-0.1, -0.05) is 0 Å². The summed E-state index contributed by atoms with van der Waals surface area (Å²) in [6.07, 6.45) is 2.78. The SMILES string of the molecule is CCOC(=O)c1nnc(CCc2ccco2)o1. The van der Waals surface area contributed by atoms with Crippen LogP contribution in [0.4, 0.5) is 0 Å². The van der Waals surface area contributed by atoms with E-state index in [-0.39, 0.29) is 12.5 Å². The topological polar surface area (TPSA) is 78.4 Å². The molecule has 2 heterocycles. The summed E-state index contributed by atoms with van der Waals surface area (Å²) in [4.78, 5) is 11.3. The van der Waals surface area contributed by atoms with Crippen LogP contribution >= 0.6 is 0 Å². The lowest BCUT2D eigenvalue weighted by Crippen LogP contribution is -2.04. The Bertz CT molecular complexity index is 475. The maximum Gasteiger partial charge on any atom is 0.396 e. The summed E-state index contributed by atoms with van der Waals surface area (Å²) in [5.74, 6) is 0.524. The lowest BCUT2D eigenvalue weighted by Gasteiger charge is -1.94. The van der Waals surface area contributed by atoms with Crippen molar-refractivity contribution >= 4 is 5.97 Å². The third-order valence-corrected chi connectivity index (χ3v) is 2.08. The van der Waals surface area contributed by atoms with Gasteiger partial charge in [-0.2, -0.15) is 0 Å². The fraction of sp³-hybridized carbons (Fsp3) is 0.364. The maximum absolute atomic E-state index is 11.3. The number of ether oxygens (including phenoxy) is 1. The van der Waals surface area contributed by atoms with Crippen LogP contribution in [0.5, 0.6) is 0 Å². The van der Waals surface area contributed by atoms with E-state index in [1.165, 1.54) is 0 Å². The van der Waals surface area contributed by atoms with Crippen LogP contribution in [0.15, 0.2) is 27.2 Å². The molecule has 0 bridgehead atoms. The highest BCUT2D eigenvalue weighted by atomic mass is 16.5. The number of esters is 1. The highest BCUT2D eigenvalue weighted by Crippen LogP contribution is 2.07. The van der Waals surface area contributed by atoms with Gasteiger partial charge in [-0.25, -0.2) is 4.79 Å². The second kappa shape index (κ2) is 5.29. The molecular weight excluding hydrogens is 224 g/mol. The molecule has 0 fully saturated rings. The van der Waals surface area contributed by atoms with Gasteiger partial charge >= 0.3 is 11.9 Å². The minimum atomic E-state index is -0.593. The number of aryl methyl sites for hydroxylation is 2. The summed E-state index contributed by atoms with van der Waals surface area (Å²) in [6.45, 7) is 2.00. The zero-order valence-corrected chi connectivity index (χ0v) is 9.38. The summed E-state index contributed by atoms with van der Waals surface area (Å²) < 4.78 is 15.1. The van der Waals surface area contributed by atoms with Crippen molar-refractivity contribution in [2.75, 3.05) is 6.61 Å². The Kier molecular flexibility index (Phi) is 3.54. The predicted molar refractivity (Wildman–Crippen MR) is 56.4 cm³/mol. The van der Waals surface area contributed by atoms with Gasteiger partial charge in [0.25, 0.3) is 0 Å². The average molecular weight is 236 g/mol. The van der Waals surface area contributed by atoms with E-state index < -0.39 is 5.97 Å². The summed E-state index contributed by atoms with van der Waals surface area (Å²) in [5, 5.41) is 7.37. The highest BCUT2D eigenvalue weighted by Gasteiger charge is 2.15. The molecule has 6 heteroatoms. The molecule has 2 aromatic heterocycles. The smallest absolute Gasteiger partial charge is 0.396 e. The second-order valence-corrected chi connectivity index (χ2v) is 3.30. The van der Waals surface area contributed by atoms with Crippen molar-refractivity contribution in [2.45, 2.75) is 19.8 Å². The Morgan fingerprint density at radius 3 is 3.00 bits per heavy atom. The first-order valence-corrected chi connectivity index (χ1v) is 5.31. The number of nitrogens with zero attached hydrogens (tertiary/aromatic N) is 2. The third kappa shape index (κ3) is 2.93. The summed E-state index contributed by atoms with van der Waals surface area (Å²) in [5.41, 5.74) is 0. The molecule has 2 aromatic rings. The van der Waals surface area contributed by atoms with Gasteiger partial charge in [0.15, 0.2) is 0 Å². The first-order valence-electron chi connectivity index (χ1n) is 5.31. The van der Waals surface area contributed by atoms with Crippen LogP contribution in [-0.4, -0.2) is 22.8 Å². The third-order valence-electron chi connectivity index (χ3n) is 2.08. The molecule has 0 aliphatic rings. The molecule has 17 heavy (non-hydrogen) atoms. The lowest BCUT2D eigenvalue weighted by atomic mass is 10.2. The summed E-state index contributed by atoms with van der Waals surface area (Å²) in [7, 11) is 0. The number of carbonyl (C=O) groups excluding carboxylic acids is 1. The van der Waals surface area contributed by atoms with Gasteiger partial charge in [0.2, 0.25) is 5.89 Å². The number of hydrogen-bond acceptors (Lipinski definition) is 6. The molecule has 0 aliphatic heterocycles. The first-order chi connectivity index (χ1) is 8.29. The van der Waals surface area contributed by atoms with Crippen LogP contribution in [0.2, 0.25) is 0 Å². The molecule has 0 aromatic carbocycles. The Hall–Kier alpha value is -2.11. The minimum Gasteiger partial charge on any atom is -0.469 e. The van der Waals surface area contributed by atoms with Crippen molar-refractivity contribution in [3.05, 3.63) is 35.9 Å². The molecule has 0 unspecified atom stereocenters. The fourth-order valence-corrected chi connectivity index (χ4v) is 1.31. The van der Waals surface area contributed by atoms with E-state index in [4.69, 9.17) is 13.6 Å². The van der Waals surface area contributed by atoms with E-state index in [0.717, 1.165) is 5.76 Å². The Labute approximate surface area is 97.6 Å². The zero-order chi connectivity index (χ0) is 12.1. The van der Waals surface area contributed by atoms with E-state index in [1.807, 2.05) is 12.1 Å². The van der Waals surface area contributed by atoms with E-state index in [2.05, 4.69) is 10.2 Å². The Morgan fingerprint density at radius 2 is 2.29 bits per heavy atom. The lowest BCUT2D eigenvalue weighted by molar-refractivity contribution is 0.0478. The van der Waals surface area contributed by atoms with Crippen LogP contribution in [0.25, 0.3) is 0 Å². The number of rotatable bonds is 5. The van der Waals surface area contributed by atoms with Crippen molar-refractivity contribution in [3.8, 4) is 0 Å². The summed E-state index contributed by atoms with van der Waals surface area (Å²) in [6, 6.07) is 3.68. The highest BCUT2D eigenvalue weighted by molar-refractivity contribution is 5.83. The second-order valence-electron chi connectivity index (χ2n) is 3.30. The normalized spacial score (nSPS) is 10.4. The first kappa shape index (κ1) is 11.4. The van der Waals surface area contributed by atoms with Gasteiger partial charge in [0.1, 0.15) is 5.76 Å². The van der Waals surface area contributed by atoms with Gasteiger partial charge < -0.3 is 13.6 Å². The molecule has 2 rings (SSSR count).